The lowest BCUT2D eigenvalue weighted by Gasteiger charge is -2.38. The van der Waals surface area contributed by atoms with E-state index < -0.39 is 0 Å². The molecule has 1 aromatic carbocycles. The van der Waals surface area contributed by atoms with Crippen LogP contribution in [0.3, 0.4) is 0 Å². The van der Waals surface area contributed by atoms with Gasteiger partial charge in [0.25, 0.3) is 0 Å². The first-order valence-electron chi connectivity index (χ1n) is 9.41. The normalized spacial score (nSPS) is 20.7. The maximum absolute atomic E-state index is 5.53. The van der Waals surface area contributed by atoms with E-state index >= 15 is 0 Å². The summed E-state index contributed by atoms with van der Waals surface area (Å²) < 4.78 is 5.53. The van der Waals surface area contributed by atoms with E-state index in [4.69, 9.17) is 4.74 Å². The van der Waals surface area contributed by atoms with Crippen LogP contribution in [0, 0.1) is 11.8 Å². The van der Waals surface area contributed by atoms with Crippen LogP contribution in [0.25, 0.3) is 0 Å². The Labute approximate surface area is 151 Å². The Balaban J connectivity index is 0.000000314. The van der Waals surface area contributed by atoms with Crippen molar-refractivity contribution in [3.8, 4) is 17.6 Å². The molecular weight excluding hydrogens is 310 g/mol. The zero-order chi connectivity index (χ0) is 17.7. The van der Waals surface area contributed by atoms with Gasteiger partial charge in [-0.25, -0.2) is 0 Å². The first kappa shape index (κ1) is 17.8. The molecule has 25 heavy (non-hydrogen) atoms. The molecule has 3 aliphatic rings. The number of ether oxygens (including phenoxy) is 1. The Bertz CT molecular complexity index is 696. The van der Waals surface area contributed by atoms with Gasteiger partial charge >= 0.3 is 0 Å². The van der Waals surface area contributed by atoms with Crippen molar-refractivity contribution in [2.24, 2.45) is 4.99 Å². The minimum absolute atomic E-state index is 0.105. The third-order valence-corrected chi connectivity index (χ3v) is 5.35. The molecule has 1 aromatic rings. The van der Waals surface area contributed by atoms with E-state index in [9.17, 15) is 0 Å². The molecule has 0 radical (unpaired) electrons. The van der Waals surface area contributed by atoms with Gasteiger partial charge in [0.15, 0.2) is 0 Å². The molecule has 0 atom stereocenters. The number of nitrogens with one attached hydrogen (secondary N) is 2. The third kappa shape index (κ3) is 3.39. The van der Waals surface area contributed by atoms with E-state index in [0.29, 0.717) is 0 Å². The topological polar surface area (TPSA) is 45.6 Å². The molecule has 4 nitrogen and oxygen atoms in total. The summed E-state index contributed by atoms with van der Waals surface area (Å²) in [5, 5.41) is 6.69. The number of anilines is 1. The Morgan fingerprint density at radius 2 is 1.96 bits per heavy atom. The second kappa shape index (κ2) is 7.93. The van der Waals surface area contributed by atoms with Crippen molar-refractivity contribution in [3.05, 3.63) is 23.3 Å². The number of rotatable bonds is 1. The van der Waals surface area contributed by atoms with Gasteiger partial charge in [0, 0.05) is 19.2 Å². The summed E-state index contributed by atoms with van der Waals surface area (Å²) in [5.74, 6) is 8.27. The van der Waals surface area contributed by atoms with Crippen LogP contribution in [0.15, 0.2) is 17.1 Å². The monoisotopic (exact) mass is 339 g/mol. The van der Waals surface area contributed by atoms with Crippen LogP contribution in [0.2, 0.25) is 0 Å². The molecule has 134 valence electrons. The van der Waals surface area contributed by atoms with Crippen LogP contribution >= 0.6 is 0 Å². The molecule has 1 spiro atoms. The Hall–Kier alpha value is -1.99. The Morgan fingerprint density at radius 3 is 2.44 bits per heavy atom. The predicted octanol–water partition coefficient (Wildman–Crippen LogP) is 3.70. The lowest BCUT2D eigenvalue weighted by atomic mass is 9.65. The fourth-order valence-electron chi connectivity index (χ4n) is 3.84. The van der Waals surface area contributed by atoms with Gasteiger partial charge in [0.1, 0.15) is 11.6 Å². The van der Waals surface area contributed by atoms with E-state index in [1.165, 1.54) is 50.8 Å². The fraction of sp³-hybridized carbons (Fsp3) is 0.571. The SMILES string of the molecule is C1CCNC1.CCC#Cc1cc2c(cc1OC)C1(CCC1)C(=NC)N2. The molecular formula is C21H29N3O. The molecule has 2 fully saturated rings. The molecule has 1 saturated carbocycles. The molecule has 1 aliphatic carbocycles. The zero-order valence-corrected chi connectivity index (χ0v) is 15.7. The van der Waals surface area contributed by atoms with Gasteiger partial charge in [-0.05, 0) is 56.5 Å². The van der Waals surface area contributed by atoms with E-state index in [0.717, 1.165) is 29.3 Å². The van der Waals surface area contributed by atoms with Crippen LogP contribution in [0.5, 0.6) is 5.75 Å². The average molecular weight is 339 g/mol. The van der Waals surface area contributed by atoms with Crippen LogP contribution < -0.4 is 15.4 Å². The smallest absolute Gasteiger partial charge is 0.134 e. The summed E-state index contributed by atoms with van der Waals surface area (Å²) in [6.07, 6.45) is 7.23. The van der Waals surface area contributed by atoms with E-state index in [-0.39, 0.29) is 5.41 Å². The lowest BCUT2D eigenvalue weighted by Crippen LogP contribution is -2.41. The molecule has 4 heteroatoms. The van der Waals surface area contributed by atoms with Crippen LogP contribution in [0.4, 0.5) is 5.69 Å². The molecule has 1 saturated heterocycles. The minimum Gasteiger partial charge on any atom is -0.495 e. The highest BCUT2D eigenvalue weighted by Gasteiger charge is 2.49. The summed E-state index contributed by atoms with van der Waals surface area (Å²) >= 11 is 0. The van der Waals surface area contributed by atoms with Gasteiger partial charge in [-0.1, -0.05) is 25.2 Å². The molecule has 2 heterocycles. The molecule has 0 amide bonds. The van der Waals surface area contributed by atoms with Gasteiger partial charge in [0.05, 0.1) is 18.1 Å². The van der Waals surface area contributed by atoms with E-state index in [2.05, 4.69) is 46.5 Å². The van der Waals surface area contributed by atoms with Crippen LogP contribution in [0.1, 0.15) is 56.6 Å². The molecule has 0 bridgehead atoms. The van der Waals surface area contributed by atoms with Gasteiger partial charge in [-0.3, -0.25) is 4.99 Å². The largest absolute Gasteiger partial charge is 0.495 e. The quantitative estimate of drug-likeness (QED) is 0.767. The number of fused-ring (bicyclic) bond motifs is 2. The molecule has 0 aromatic heterocycles. The van der Waals surface area contributed by atoms with Crippen molar-refractivity contribution in [3.63, 3.8) is 0 Å². The summed E-state index contributed by atoms with van der Waals surface area (Å²) in [4.78, 5) is 4.45. The summed E-state index contributed by atoms with van der Waals surface area (Å²) in [6.45, 7) is 4.55. The standard InChI is InChI=1S/C17H20N2O.C4H9N/c1-4-5-7-12-10-14-13(11-15(12)20-3)17(8-6-9-17)16(18-2)19-14;1-2-4-5-3-1/h10-11H,4,6,8-9H2,1-3H3,(H,18,19);5H,1-4H2. The third-order valence-electron chi connectivity index (χ3n) is 5.35. The summed E-state index contributed by atoms with van der Waals surface area (Å²) in [7, 11) is 3.58. The van der Waals surface area contributed by atoms with E-state index in [1.807, 2.05) is 7.05 Å². The molecule has 4 rings (SSSR count). The highest BCUT2D eigenvalue weighted by atomic mass is 16.5. The van der Waals surface area contributed by atoms with Gasteiger partial charge in [-0.2, -0.15) is 0 Å². The van der Waals surface area contributed by atoms with Crippen molar-refractivity contribution in [1.29, 1.82) is 0 Å². The van der Waals surface area contributed by atoms with Crippen molar-refractivity contribution < 1.29 is 4.74 Å². The van der Waals surface area contributed by atoms with Crippen molar-refractivity contribution in [2.75, 3.05) is 32.6 Å². The summed E-state index contributed by atoms with van der Waals surface area (Å²) in [6, 6.07) is 4.26. The van der Waals surface area contributed by atoms with Gasteiger partial charge in [-0.15, -0.1) is 0 Å². The number of amidine groups is 1. The predicted molar refractivity (Wildman–Crippen MR) is 105 cm³/mol. The average Bonchev–Trinajstić information content (AvgIpc) is 3.27. The number of benzene rings is 1. The number of methoxy groups -OCH3 is 1. The number of aliphatic imine (C=N–C) groups is 1. The van der Waals surface area contributed by atoms with Crippen molar-refractivity contribution in [2.45, 2.75) is 50.9 Å². The number of nitrogens with zero attached hydrogens (tertiary/aromatic N) is 1. The maximum Gasteiger partial charge on any atom is 0.134 e. The van der Waals surface area contributed by atoms with E-state index in [1.54, 1.807) is 7.11 Å². The van der Waals surface area contributed by atoms with Crippen LogP contribution in [-0.2, 0) is 5.41 Å². The zero-order valence-electron chi connectivity index (χ0n) is 15.7. The molecule has 0 unspecified atom stereocenters. The minimum atomic E-state index is 0.105. The first-order valence-corrected chi connectivity index (χ1v) is 9.41. The second-order valence-corrected chi connectivity index (χ2v) is 6.84. The van der Waals surface area contributed by atoms with Crippen molar-refractivity contribution >= 4 is 11.5 Å². The highest BCUT2D eigenvalue weighted by Crippen LogP contribution is 2.52. The molecule has 2 aliphatic heterocycles. The van der Waals surface area contributed by atoms with Gasteiger partial charge in [0.2, 0.25) is 0 Å². The first-order chi connectivity index (χ1) is 12.2. The highest BCUT2D eigenvalue weighted by molar-refractivity contribution is 6.10. The lowest BCUT2D eigenvalue weighted by molar-refractivity contribution is 0.344. The second-order valence-electron chi connectivity index (χ2n) is 6.84. The van der Waals surface area contributed by atoms with Crippen LogP contribution in [-0.4, -0.2) is 33.1 Å². The summed E-state index contributed by atoms with van der Waals surface area (Å²) in [5.41, 5.74) is 3.52. The fourth-order valence-corrected chi connectivity index (χ4v) is 3.84. The van der Waals surface area contributed by atoms with Gasteiger partial charge < -0.3 is 15.4 Å². The number of hydrogen-bond donors (Lipinski definition) is 2. The number of hydrogen-bond acceptors (Lipinski definition) is 3. The Morgan fingerprint density at radius 1 is 1.20 bits per heavy atom. The van der Waals surface area contributed by atoms with Crippen molar-refractivity contribution in [1.82, 2.24) is 5.32 Å². The molecule has 2 N–H and O–H groups in total. The Kier molecular flexibility index (Phi) is 5.65. The maximum atomic E-state index is 5.53.